The van der Waals surface area contributed by atoms with Crippen molar-refractivity contribution in [3.05, 3.63) is 0 Å². The number of likely N-dealkylation sites (tertiary alicyclic amines) is 1. The van der Waals surface area contributed by atoms with Gasteiger partial charge < -0.3 is 4.90 Å². The summed E-state index contributed by atoms with van der Waals surface area (Å²) in [6.07, 6.45) is 7.35. The molecule has 1 saturated heterocycles. The Labute approximate surface area is 105 Å². The first-order valence-electron chi connectivity index (χ1n) is 7.40. The molecule has 0 unspecified atom stereocenters. The number of hydrogen-bond acceptors (Lipinski definition) is 1. The zero-order valence-electron chi connectivity index (χ0n) is 11.2. The molecule has 17 heavy (non-hydrogen) atoms. The van der Waals surface area contributed by atoms with Gasteiger partial charge in [0, 0.05) is 18.5 Å². The molecule has 3 aliphatic carbocycles. The van der Waals surface area contributed by atoms with Gasteiger partial charge in [0.1, 0.15) is 0 Å². The lowest BCUT2D eigenvalue weighted by Crippen LogP contribution is -2.49. The van der Waals surface area contributed by atoms with Crippen LogP contribution in [0.2, 0.25) is 0 Å². The molecule has 0 aromatic carbocycles. The second-order valence-electron chi connectivity index (χ2n) is 6.97. The van der Waals surface area contributed by atoms with Crippen LogP contribution < -0.4 is 0 Å². The van der Waals surface area contributed by atoms with Gasteiger partial charge in [0.05, 0.1) is 0 Å². The maximum Gasteiger partial charge on any atom is 0.228 e. The Morgan fingerprint density at radius 3 is 2.29 bits per heavy atom. The van der Waals surface area contributed by atoms with Crippen molar-refractivity contribution < 1.29 is 4.79 Å². The van der Waals surface area contributed by atoms with Gasteiger partial charge >= 0.3 is 0 Å². The third-order valence-corrected chi connectivity index (χ3v) is 5.61. The van der Waals surface area contributed by atoms with Crippen LogP contribution in [0.4, 0.5) is 0 Å². The number of fused-ring (bicyclic) bond motifs is 1. The SMILES string of the molecule is CC(C)C1CCN(C(=O)C23CCC(C2)C3)CC1. The third-order valence-electron chi connectivity index (χ3n) is 5.61. The monoisotopic (exact) mass is 235 g/mol. The number of nitrogens with zero attached hydrogens (tertiary/aromatic N) is 1. The lowest BCUT2D eigenvalue weighted by atomic mass is 9.68. The maximum absolute atomic E-state index is 12.6. The topological polar surface area (TPSA) is 20.3 Å². The first-order chi connectivity index (χ1) is 8.11. The highest BCUT2D eigenvalue weighted by Gasteiger charge is 2.56. The van der Waals surface area contributed by atoms with Crippen molar-refractivity contribution in [3.63, 3.8) is 0 Å². The van der Waals surface area contributed by atoms with Crippen molar-refractivity contribution in [2.45, 2.75) is 52.4 Å². The third kappa shape index (κ3) is 1.80. The summed E-state index contributed by atoms with van der Waals surface area (Å²) in [6.45, 7) is 6.67. The highest BCUT2D eigenvalue weighted by atomic mass is 16.2. The molecule has 1 heterocycles. The number of amides is 1. The van der Waals surface area contributed by atoms with E-state index in [1.165, 1.54) is 38.5 Å². The van der Waals surface area contributed by atoms with Crippen LogP contribution in [0.25, 0.3) is 0 Å². The number of rotatable bonds is 2. The number of carbonyl (C=O) groups is 1. The van der Waals surface area contributed by atoms with Crippen molar-refractivity contribution in [1.29, 1.82) is 0 Å². The molecule has 4 aliphatic rings. The molecule has 0 aromatic rings. The molecule has 0 spiro atoms. The summed E-state index contributed by atoms with van der Waals surface area (Å²) in [6, 6.07) is 0. The van der Waals surface area contributed by atoms with Gasteiger partial charge in [-0.15, -0.1) is 0 Å². The summed E-state index contributed by atoms with van der Waals surface area (Å²) >= 11 is 0. The molecule has 0 radical (unpaired) electrons. The van der Waals surface area contributed by atoms with E-state index in [4.69, 9.17) is 0 Å². The van der Waals surface area contributed by atoms with E-state index in [1.807, 2.05) is 0 Å². The van der Waals surface area contributed by atoms with Crippen LogP contribution in [0.5, 0.6) is 0 Å². The Morgan fingerprint density at radius 1 is 1.18 bits per heavy atom. The molecule has 1 amide bonds. The summed E-state index contributed by atoms with van der Waals surface area (Å²) < 4.78 is 0. The van der Waals surface area contributed by atoms with E-state index in [0.29, 0.717) is 5.91 Å². The lowest BCUT2D eigenvalue weighted by molar-refractivity contribution is -0.148. The Morgan fingerprint density at radius 2 is 1.82 bits per heavy atom. The van der Waals surface area contributed by atoms with Crippen LogP contribution >= 0.6 is 0 Å². The fraction of sp³-hybridized carbons (Fsp3) is 0.933. The lowest BCUT2D eigenvalue weighted by Gasteiger charge is -2.43. The normalized spacial score (nSPS) is 37.4. The molecule has 0 aromatic heterocycles. The van der Waals surface area contributed by atoms with Crippen molar-refractivity contribution in [3.8, 4) is 0 Å². The van der Waals surface area contributed by atoms with Gasteiger partial charge in [-0.25, -0.2) is 0 Å². The molecule has 3 saturated carbocycles. The summed E-state index contributed by atoms with van der Waals surface area (Å²) in [5, 5.41) is 0. The minimum atomic E-state index is 0.120. The molecule has 2 nitrogen and oxygen atoms in total. The molecule has 0 atom stereocenters. The predicted octanol–water partition coefficient (Wildman–Crippen LogP) is 3.07. The fourth-order valence-corrected chi connectivity index (χ4v) is 4.32. The van der Waals surface area contributed by atoms with Gasteiger partial charge in [0.15, 0.2) is 0 Å². The average Bonchev–Trinajstić information content (AvgIpc) is 2.88. The van der Waals surface area contributed by atoms with Gasteiger partial charge in [0.2, 0.25) is 5.91 Å². The first kappa shape index (κ1) is 11.6. The number of carbonyl (C=O) groups excluding carboxylic acids is 1. The van der Waals surface area contributed by atoms with Gasteiger partial charge in [-0.1, -0.05) is 13.8 Å². The van der Waals surface area contributed by atoms with E-state index < -0.39 is 0 Å². The average molecular weight is 235 g/mol. The summed E-state index contributed by atoms with van der Waals surface area (Å²) in [4.78, 5) is 14.7. The first-order valence-corrected chi connectivity index (χ1v) is 7.40. The van der Waals surface area contributed by atoms with Crippen molar-refractivity contribution in [2.75, 3.05) is 13.1 Å². The predicted molar refractivity (Wildman–Crippen MR) is 68.5 cm³/mol. The van der Waals surface area contributed by atoms with Crippen LogP contribution in [-0.4, -0.2) is 23.9 Å². The van der Waals surface area contributed by atoms with E-state index >= 15 is 0 Å². The van der Waals surface area contributed by atoms with Crippen LogP contribution in [0, 0.1) is 23.2 Å². The van der Waals surface area contributed by atoms with Crippen LogP contribution in [0.15, 0.2) is 0 Å². The standard InChI is InChI=1S/C15H25NO/c1-11(2)13-4-7-16(8-5-13)14(17)15-6-3-12(9-15)10-15/h11-13H,3-10H2,1-2H3. The van der Waals surface area contributed by atoms with E-state index in [0.717, 1.165) is 30.8 Å². The minimum Gasteiger partial charge on any atom is -0.342 e. The highest BCUT2D eigenvalue weighted by Crippen LogP contribution is 2.59. The van der Waals surface area contributed by atoms with E-state index in [2.05, 4.69) is 18.7 Å². The van der Waals surface area contributed by atoms with Crippen molar-refractivity contribution in [1.82, 2.24) is 4.90 Å². The molecular formula is C15H25NO. The molecule has 0 N–H and O–H groups in total. The molecule has 4 rings (SSSR count). The Kier molecular flexibility index (Phi) is 2.72. The van der Waals surface area contributed by atoms with Gasteiger partial charge in [-0.3, -0.25) is 4.79 Å². The van der Waals surface area contributed by atoms with Crippen LogP contribution in [0.1, 0.15) is 52.4 Å². The summed E-state index contributed by atoms with van der Waals surface area (Å²) in [5.74, 6) is 3.03. The van der Waals surface area contributed by atoms with Crippen LogP contribution in [0.3, 0.4) is 0 Å². The molecular weight excluding hydrogens is 210 g/mol. The second kappa shape index (κ2) is 4.00. The summed E-state index contributed by atoms with van der Waals surface area (Å²) in [7, 11) is 0. The Balaban J connectivity index is 1.58. The largest absolute Gasteiger partial charge is 0.342 e. The molecule has 96 valence electrons. The van der Waals surface area contributed by atoms with Crippen molar-refractivity contribution in [2.24, 2.45) is 23.2 Å². The van der Waals surface area contributed by atoms with Crippen LogP contribution in [-0.2, 0) is 4.79 Å². The number of piperidine rings is 1. The minimum absolute atomic E-state index is 0.120. The smallest absolute Gasteiger partial charge is 0.228 e. The zero-order chi connectivity index (χ0) is 12.0. The Bertz CT molecular complexity index is 303. The van der Waals surface area contributed by atoms with Crippen molar-refractivity contribution >= 4 is 5.91 Å². The van der Waals surface area contributed by atoms with E-state index in [1.54, 1.807) is 0 Å². The highest BCUT2D eigenvalue weighted by molar-refractivity contribution is 5.84. The molecule has 1 aliphatic heterocycles. The molecule has 4 fully saturated rings. The fourth-order valence-electron chi connectivity index (χ4n) is 4.32. The number of hydrogen-bond donors (Lipinski definition) is 0. The maximum atomic E-state index is 12.6. The quantitative estimate of drug-likeness (QED) is 0.720. The second-order valence-corrected chi connectivity index (χ2v) is 6.97. The zero-order valence-corrected chi connectivity index (χ0v) is 11.2. The van der Waals surface area contributed by atoms with Gasteiger partial charge in [0.25, 0.3) is 0 Å². The van der Waals surface area contributed by atoms with Gasteiger partial charge in [-0.2, -0.15) is 0 Å². The van der Waals surface area contributed by atoms with E-state index in [-0.39, 0.29) is 5.41 Å². The molecule has 2 bridgehead atoms. The van der Waals surface area contributed by atoms with E-state index in [9.17, 15) is 4.79 Å². The Hall–Kier alpha value is -0.530. The van der Waals surface area contributed by atoms with Gasteiger partial charge in [-0.05, 0) is 56.3 Å². The summed E-state index contributed by atoms with van der Waals surface area (Å²) in [5.41, 5.74) is 0.120. The molecule has 2 heteroatoms.